The number of halogens is 1. The molecule has 0 spiro atoms. The van der Waals surface area contributed by atoms with Gasteiger partial charge in [0.1, 0.15) is 22.8 Å². The topological polar surface area (TPSA) is 132 Å². The fourth-order valence-corrected chi connectivity index (χ4v) is 3.63. The molecule has 31 heavy (non-hydrogen) atoms. The van der Waals surface area contributed by atoms with Crippen LogP contribution >= 0.6 is 0 Å². The fraction of sp³-hybridized carbons (Fsp3) is 0. The summed E-state index contributed by atoms with van der Waals surface area (Å²) in [7, 11) is 0. The van der Waals surface area contributed by atoms with Gasteiger partial charge in [0.25, 0.3) is 0 Å². The maximum absolute atomic E-state index is 13.8. The number of hydrogen-bond acceptors (Lipinski definition) is 6. The number of imidazole rings is 1. The summed E-state index contributed by atoms with van der Waals surface area (Å²) in [6, 6.07) is 7.52. The number of hydrogen-bond donors (Lipinski definition) is 4. The molecule has 9 nitrogen and oxygen atoms in total. The molecule has 6 rings (SSSR count). The maximum atomic E-state index is 13.8. The third-order valence-electron chi connectivity index (χ3n) is 5.04. The number of benzene rings is 1. The van der Waals surface area contributed by atoms with Gasteiger partial charge in [0.2, 0.25) is 0 Å². The molecular weight excluding hydrogens is 399 g/mol. The zero-order valence-electron chi connectivity index (χ0n) is 15.8. The smallest absolute Gasteiger partial charge is 0.160 e. The highest BCUT2D eigenvalue weighted by Crippen LogP contribution is 2.33. The summed E-state index contributed by atoms with van der Waals surface area (Å²) in [5.41, 5.74) is 5.17. The summed E-state index contributed by atoms with van der Waals surface area (Å²) < 4.78 is 13.8. The molecule has 0 bridgehead atoms. The lowest BCUT2D eigenvalue weighted by Gasteiger charge is -2.03. The Morgan fingerprint density at radius 1 is 1.00 bits per heavy atom. The number of nitrogens with one attached hydrogen (secondary N) is 3. The van der Waals surface area contributed by atoms with Crippen molar-refractivity contribution in [1.82, 2.24) is 40.3 Å². The standard InChI is InChI=1S/C21H13FN8O/c22-12-3-10(4-13(31)5-12)14-1-2-23-20-18(14)27-21(28-20)19-15-6-16(11-7-25-26-8-11)24-9-17(15)29-30-19/h1-9,31H,(H,25,26)(H,29,30)(H,23,27,28). The lowest BCUT2D eigenvalue weighted by molar-refractivity contribution is 0.469. The summed E-state index contributed by atoms with van der Waals surface area (Å²) in [5, 5.41) is 24.7. The first-order valence-corrected chi connectivity index (χ1v) is 9.34. The molecule has 0 radical (unpaired) electrons. The SMILES string of the molecule is Oc1cc(F)cc(-c2ccnc3[nH]c(-c4n[nH]c5cnc(-c6cn[nH]c6)cc45)nc23)c1. The maximum Gasteiger partial charge on any atom is 0.160 e. The van der Waals surface area contributed by atoms with Crippen molar-refractivity contribution in [3.63, 3.8) is 0 Å². The molecule has 0 aliphatic carbocycles. The number of pyridine rings is 2. The second-order valence-corrected chi connectivity index (χ2v) is 7.01. The van der Waals surface area contributed by atoms with E-state index in [0.717, 1.165) is 28.2 Å². The fourth-order valence-electron chi connectivity index (χ4n) is 3.63. The number of rotatable bonds is 3. The van der Waals surface area contributed by atoms with Crippen molar-refractivity contribution < 1.29 is 9.50 Å². The Bertz CT molecular complexity index is 1550. The van der Waals surface area contributed by atoms with E-state index in [1.807, 2.05) is 6.07 Å². The summed E-state index contributed by atoms with van der Waals surface area (Å²) in [4.78, 5) is 16.7. The number of phenols is 1. The van der Waals surface area contributed by atoms with Crippen LogP contribution in [-0.2, 0) is 0 Å². The van der Waals surface area contributed by atoms with E-state index in [9.17, 15) is 9.50 Å². The highest BCUT2D eigenvalue weighted by atomic mass is 19.1. The Hall–Kier alpha value is -4.60. The number of aromatic hydroxyl groups is 1. The molecule has 0 aliphatic rings. The monoisotopic (exact) mass is 412 g/mol. The third-order valence-corrected chi connectivity index (χ3v) is 5.04. The van der Waals surface area contributed by atoms with Crippen molar-refractivity contribution in [3.05, 3.63) is 60.9 Å². The molecule has 5 heterocycles. The van der Waals surface area contributed by atoms with Gasteiger partial charge in [-0.3, -0.25) is 15.2 Å². The zero-order valence-corrected chi connectivity index (χ0v) is 15.8. The van der Waals surface area contributed by atoms with Gasteiger partial charge in [-0.15, -0.1) is 0 Å². The first kappa shape index (κ1) is 17.3. The first-order valence-electron chi connectivity index (χ1n) is 9.34. The molecule has 4 N–H and O–H groups in total. The molecule has 150 valence electrons. The van der Waals surface area contributed by atoms with Crippen LogP contribution in [0.5, 0.6) is 5.75 Å². The molecule has 5 aromatic heterocycles. The van der Waals surface area contributed by atoms with Crippen LogP contribution in [0.3, 0.4) is 0 Å². The van der Waals surface area contributed by atoms with Gasteiger partial charge in [0.05, 0.1) is 23.6 Å². The Morgan fingerprint density at radius 3 is 2.77 bits per heavy atom. The van der Waals surface area contributed by atoms with Gasteiger partial charge in [-0.05, 0) is 29.8 Å². The van der Waals surface area contributed by atoms with Gasteiger partial charge in [0, 0.05) is 35.0 Å². The molecule has 0 saturated carbocycles. The van der Waals surface area contributed by atoms with E-state index < -0.39 is 5.82 Å². The van der Waals surface area contributed by atoms with Crippen LogP contribution < -0.4 is 0 Å². The molecule has 0 fully saturated rings. The minimum Gasteiger partial charge on any atom is -0.508 e. The number of phenolic OH excluding ortho intramolecular Hbond substituents is 1. The molecule has 1 aromatic carbocycles. The van der Waals surface area contributed by atoms with Crippen molar-refractivity contribution in [2.45, 2.75) is 0 Å². The van der Waals surface area contributed by atoms with E-state index in [-0.39, 0.29) is 5.75 Å². The number of aromatic nitrogens is 8. The van der Waals surface area contributed by atoms with Gasteiger partial charge in [-0.1, -0.05) is 0 Å². The predicted octanol–water partition coefficient (Wildman–Crippen LogP) is 3.80. The van der Waals surface area contributed by atoms with Crippen molar-refractivity contribution in [2.75, 3.05) is 0 Å². The predicted molar refractivity (Wildman–Crippen MR) is 111 cm³/mol. The van der Waals surface area contributed by atoms with Crippen LogP contribution in [0.15, 0.2) is 55.1 Å². The average molecular weight is 412 g/mol. The molecule has 0 amide bonds. The highest BCUT2D eigenvalue weighted by Gasteiger charge is 2.17. The van der Waals surface area contributed by atoms with Gasteiger partial charge in [-0.25, -0.2) is 14.4 Å². The molecule has 10 heteroatoms. The molecular formula is C21H13FN8O. The first-order chi connectivity index (χ1) is 15.2. The second-order valence-electron chi connectivity index (χ2n) is 7.01. The Balaban J connectivity index is 1.53. The summed E-state index contributed by atoms with van der Waals surface area (Å²) >= 11 is 0. The van der Waals surface area contributed by atoms with Gasteiger partial charge < -0.3 is 10.1 Å². The molecule has 0 atom stereocenters. The second kappa shape index (κ2) is 6.46. The quantitative estimate of drug-likeness (QED) is 0.350. The van der Waals surface area contributed by atoms with Crippen LogP contribution in [0.1, 0.15) is 0 Å². The Kier molecular flexibility index (Phi) is 3.60. The summed E-state index contributed by atoms with van der Waals surface area (Å²) in [5.74, 6) is -0.187. The van der Waals surface area contributed by atoms with E-state index in [2.05, 4.69) is 40.3 Å². The average Bonchev–Trinajstić information content (AvgIpc) is 3.50. The normalized spacial score (nSPS) is 11.5. The van der Waals surface area contributed by atoms with E-state index in [1.165, 1.54) is 12.1 Å². The Morgan fingerprint density at radius 2 is 1.94 bits per heavy atom. The molecule has 6 aromatic rings. The van der Waals surface area contributed by atoms with Gasteiger partial charge >= 0.3 is 0 Å². The third kappa shape index (κ3) is 2.81. The summed E-state index contributed by atoms with van der Waals surface area (Å²) in [6.07, 6.45) is 6.76. The lowest BCUT2D eigenvalue weighted by Crippen LogP contribution is -1.85. The highest BCUT2D eigenvalue weighted by molar-refractivity contribution is 5.96. The number of H-pyrrole nitrogens is 3. The van der Waals surface area contributed by atoms with E-state index in [4.69, 9.17) is 0 Å². The minimum absolute atomic E-state index is 0.159. The van der Waals surface area contributed by atoms with E-state index in [0.29, 0.717) is 33.8 Å². The van der Waals surface area contributed by atoms with Crippen molar-refractivity contribution in [3.8, 4) is 39.7 Å². The number of nitrogens with zero attached hydrogens (tertiary/aromatic N) is 5. The van der Waals surface area contributed by atoms with Crippen molar-refractivity contribution in [1.29, 1.82) is 0 Å². The number of fused-ring (bicyclic) bond motifs is 2. The van der Waals surface area contributed by atoms with Crippen LogP contribution in [0.4, 0.5) is 4.39 Å². The Labute approximate surface area is 173 Å². The van der Waals surface area contributed by atoms with Gasteiger partial charge in [-0.2, -0.15) is 10.2 Å². The largest absolute Gasteiger partial charge is 0.508 e. The van der Waals surface area contributed by atoms with E-state index in [1.54, 1.807) is 30.9 Å². The van der Waals surface area contributed by atoms with Crippen LogP contribution in [0.2, 0.25) is 0 Å². The molecule has 0 unspecified atom stereocenters. The minimum atomic E-state index is -0.534. The summed E-state index contributed by atoms with van der Waals surface area (Å²) in [6.45, 7) is 0. The van der Waals surface area contributed by atoms with Crippen molar-refractivity contribution >= 4 is 22.1 Å². The zero-order chi connectivity index (χ0) is 20.9. The molecule has 0 saturated heterocycles. The van der Waals surface area contributed by atoms with Crippen LogP contribution in [0, 0.1) is 5.82 Å². The molecule has 0 aliphatic heterocycles. The van der Waals surface area contributed by atoms with Crippen LogP contribution in [0.25, 0.3) is 56.0 Å². The van der Waals surface area contributed by atoms with Gasteiger partial charge in [0.15, 0.2) is 11.5 Å². The lowest BCUT2D eigenvalue weighted by atomic mass is 10.1. The van der Waals surface area contributed by atoms with E-state index >= 15 is 0 Å². The number of aromatic amines is 3. The van der Waals surface area contributed by atoms with Crippen molar-refractivity contribution in [2.24, 2.45) is 0 Å². The van der Waals surface area contributed by atoms with Crippen LogP contribution in [-0.4, -0.2) is 45.4 Å².